The normalized spacial score (nSPS) is 13.0. The molecule has 2 aromatic heterocycles. The second-order valence-electron chi connectivity index (χ2n) is 5.33. The molecule has 7 heteroatoms. The fourth-order valence-corrected chi connectivity index (χ4v) is 2.56. The first-order chi connectivity index (χ1) is 9.93. The monoisotopic (exact) mass is 293 g/mol. The molecule has 7 nitrogen and oxygen atoms in total. The van der Waals surface area contributed by atoms with Gasteiger partial charge in [-0.3, -0.25) is 13.9 Å². The number of imidazole rings is 1. The Kier molecular flexibility index (Phi) is 4.32. The summed E-state index contributed by atoms with van der Waals surface area (Å²) in [5, 5.41) is 0. The van der Waals surface area contributed by atoms with E-state index in [1.165, 1.54) is 7.05 Å². The third-order valence-electron chi connectivity index (χ3n) is 3.72. The highest BCUT2D eigenvalue weighted by Crippen LogP contribution is 2.16. The van der Waals surface area contributed by atoms with Crippen molar-refractivity contribution in [1.82, 2.24) is 18.7 Å². The molecule has 2 heterocycles. The van der Waals surface area contributed by atoms with Crippen LogP contribution in [0.3, 0.4) is 0 Å². The summed E-state index contributed by atoms with van der Waals surface area (Å²) in [6.07, 6.45) is 1.82. The van der Waals surface area contributed by atoms with Gasteiger partial charge in [0.05, 0.1) is 6.04 Å². The van der Waals surface area contributed by atoms with Crippen LogP contribution in [0.5, 0.6) is 0 Å². The number of hydrogen-bond donors (Lipinski definition) is 1. The van der Waals surface area contributed by atoms with Crippen LogP contribution in [0.2, 0.25) is 0 Å². The molecule has 116 valence electrons. The van der Waals surface area contributed by atoms with Crippen molar-refractivity contribution in [3.05, 3.63) is 26.7 Å². The van der Waals surface area contributed by atoms with Crippen LogP contribution in [-0.4, -0.2) is 18.7 Å². The summed E-state index contributed by atoms with van der Waals surface area (Å²) in [4.78, 5) is 29.3. The highest BCUT2D eigenvalue weighted by atomic mass is 16.2. The topological polar surface area (TPSA) is 87.8 Å². The van der Waals surface area contributed by atoms with E-state index in [2.05, 4.69) is 11.9 Å². The molecule has 0 aromatic carbocycles. The van der Waals surface area contributed by atoms with Gasteiger partial charge >= 0.3 is 5.69 Å². The number of nitrogens with zero attached hydrogens (tertiary/aromatic N) is 4. The highest BCUT2D eigenvalue weighted by Gasteiger charge is 2.20. The fraction of sp³-hybridized carbons (Fsp3) is 0.643. The molecule has 1 atom stereocenters. The molecule has 0 aliphatic carbocycles. The average Bonchev–Trinajstić information content (AvgIpc) is 2.84. The van der Waals surface area contributed by atoms with Crippen molar-refractivity contribution in [2.75, 3.05) is 0 Å². The molecule has 1 unspecified atom stereocenters. The zero-order valence-corrected chi connectivity index (χ0v) is 13.1. The Labute approximate surface area is 123 Å². The minimum Gasteiger partial charge on any atom is -0.322 e. The molecule has 2 N–H and O–H groups in total. The molecule has 0 radical (unpaired) electrons. The summed E-state index contributed by atoms with van der Waals surface area (Å²) >= 11 is 0. The van der Waals surface area contributed by atoms with Gasteiger partial charge in [0.15, 0.2) is 11.2 Å². The van der Waals surface area contributed by atoms with Crippen LogP contribution >= 0.6 is 0 Å². The summed E-state index contributed by atoms with van der Waals surface area (Å²) in [6, 6.07) is -0.295. The maximum Gasteiger partial charge on any atom is 0.332 e. The summed E-state index contributed by atoms with van der Waals surface area (Å²) in [5.74, 6) is 0.639. The predicted octanol–water partition coefficient (Wildman–Crippen LogP) is 0.736. The summed E-state index contributed by atoms with van der Waals surface area (Å²) in [6.45, 7) is 6.97. The Hall–Kier alpha value is -1.89. The van der Waals surface area contributed by atoms with E-state index in [1.54, 1.807) is 4.57 Å². The number of hydrogen-bond acceptors (Lipinski definition) is 4. The van der Waals surface area contributed by atoms with E-state index in [0.29, 0.717) is 30.1 Å². The molecule has 0 amide bonds. The zero-order valence-electron chi connectivity index (χ0n) is 13.1. The molecule has 0 aliphatic heterocycles. The maximum absolute atomic E-state index is 12.4. The molecule has 0 saturated heterocycles. The molecule has 0 spiro atoms. The summed E-state index contributed by atoms with van der Waals surface area (Å²) in [5.41, 5.74) is 6.22. The molecule has 2 aromatic rings. The van der Waals surface area contributed by atoms with Crippen molar-refractivity contribution in [2.24, 2.45) is 12.8 Å². The van der Waals surface area contributed by atoms with E-state index in [-0.39, 0.29) is 17.3 Å². The van der Waals surface area contributed by atoms with Gasteiger partial charge in [-0.1, -0.05) is 13.3 Å². The molecule has 0 fully saturated rings. The van der Waals surface area contributed by atoms with E-state index in [1.807, 2.05) is 18.4 Å². The van der Waals surface area contributed by atoms with Gasteiger partial charge in [-0.05, 0) is 20.3 Å². The van der Waals surface area contributed by atoms with Gasteiger partial charge in [-0.25, -0.2) is 9.78 Å². The smallest absolute Gasteiger partial charge is 0.322 e. The standard InChI is InChI=1S/C14H23N5O2/c1-5-7-8-19-12-10(13(20)17(4)14(19)21)18(6-2)11(16-12)9(3)15/h9H,5-8,15H2,1-4H3. The Morgan fingerprint density at radius 2 is 1.90 bits per heavy atom. The van der Waals surface area contributed by atoms with Crippen molar-refractivity contribution in [3.8, 4) is 0 Å². The van der Waals surface area contributed by atoms with Crippen molar-refractivity contribution in [3.63, 3.8) is 0 Å². The lowest BCUT2D eigenvalue weighted by Gasteiger charge is -2.09. The lowest BCUT2D eigenvalue weighted by molar-refractivity contribution is 0.583. The highest BCUT2D eigenvalue weighted by molar-refractivity contribution is 5.71. The van der Waals surface area contributed by atoms with Crippen molar-refractivity contribution in [2.45, 2.75) is 52.7 Å². The van der Waals surface area contributed by atoms with Gasteiger partial charge in [0.25, 0.3) is 5.56 Å². The summed E-state index contributed by atoms with van der Waals surface area (Å²) < 4.78 is 4.54. The molecule has 0 aliphatic rings. The second-order valence-corrected chi connectivity index (χ2v) is 5.33. The SMILES string of the molecule is CCCCn1c(=O)n(C)c(=O)c2c1nc(C(C)N)n2CC. The van der Waals surface area contributed by atoms with Crippen LogP contribution in [0.15, 0.2) is 9.59 Å². The van der Waals surface area contributed by atoms with E-state index in [9.17, 15) is 9.59 Å². The average molecular weight is 293 g/mol. The van der Waals surface area contributed by atoms with Gasteiger partial charge in [0.2, 0.25) is 0 Å². The minimum atomic E-state index is -0.321. The van der Waals surface area contributed by atoms with Gasteiger partial charge in [-0.2, -0.15) is 0 Å². The first-order valence-electron chi connectivity index (χ1n) is 7.39. The number of unbranched alkanes of at least 4 members (excludes halogenated alkanes) is 1. The molecule has 0 bridgehead atoms. The zero-order chi connectivity index (χ0) is 15.7. The molecular formula is C14H23N5O2. The third-order valence-corrected chi connectivity index (χ3v) is 3.72. The van der Waals surface area contributed by atoms with E-state index >= 15 is 0 Å². The molecule has 2 rings (SSSR count). The number of rotatable bonds is 5. The predicted molar refractivity (Wildman–Crippen MR) is 82.4 cm³/mol. The van der Waals surface area contributed by atoms with E-state index < -0.39 is 0 Å². The van der Waals surface area contributed by atoms with Crippen LogP contribution in [0, 0.1) is 0 Å². The first kappa shape index (κ1) is 15.5. The van der Waals surface area contributed by atoms with Gasteiger partial charge in [0.1, 0.15) is 5.82 Å². The molecule has 21 heavy (non-hydrogen) atoms. The van der Waals surface area contributed by atoms with Crippen LogP contribution in [0.1, 0.15) is 45.5 Å². The summed E-state index contributed by atoms with van der Waals surface area (Å²) in [7, 11) is 1.51. The van der Waals surface area contributed by atoms with E-state index in [4.69, 9.17) is 5.73 Å². The number of nitrogens with two attached hydrogens (primary N) is 1. The Bertz CT molecular complexity index is 766. The van der Waals surface area contributed by atoms with Crippen LogP contribution in [0.25, 0.3) is 11.2 Å². The van der Waals surface area contributed by atoms with Gasteiger partial charge < -0.3 is 10.3 Å². The Morgan fingerprint density at radius 3 is 2.43 bits per heavy atom. The number of aromatic nitrogens is 4. The Balaban J connectivity index is 2.91. The minimum absolute atomic E-state index is 0.295. The largest absolute Gasteiger partial charge is 0.332 e. The van der Waals surface area contributed by atoms with Gasteiger partial charge in [-0.15, -0.1) is 0 Å². The van der Waals surface area contributed by atoms with Crippen LogP contribution < -0.4 is 17.0 Å². The fourth-order valence-electron chi connectivity index (χ4n) is 2.56. The van der Waals surface area contributed by atoms with Crippen LogP contribution in [0.4, 0.5) is 0 Å². The lowest BCUT2D eigenvalue weighted by atomic mass is 10.3. The first-order valence-corrected chi connectivity index (χ1v) is 7.39. The van der Waals surface area contributed by atoms with Crippen LogP contribution in [-0.2, 0) is 20.1 Å². The second kappa shape index (κ2) is 5.85. The number of aryl methyl sites for hydroxylation is 2. The number of fused-ring (bicyclic) bond motifs is 1. The van der Waals surface area contributed by atoms with Crippen molar-refractivity contribution < 1.29 is 0 Å². The van der Waals surface area contributed by atoms with Crippen molar-refractivity contribution in [1.29, 1.82) is 0 Å². The van der Waals surface area contributed by atoms with Crippen molar-refractivity contribution >= 4 is 11.2 Å². The maximum atomic E-state index is 12.4. The third kappa shape index (κ3) is 2.42. The van der Waals surface area contributed by atoms with Gasteiger partial charge in [0, 0.05) is 20.1 Å². The van der Waals surface area contributed by atoms with E-state index in [0.717, 1.165) is 17.4 Å². The molecule has 0 saturated carbocycles. The molecular weight excluding hydrogens is 270 g/mol. The lowest BCUT2D eigenvalue weighted by Crippen LogP contribution is -2.38. The Morgan fingerprint density at radius 1 is 1.24 bits per heavy atom. The quantitative estimate of drug-likeness (QED) is 0.880.